The van der Waals surface area contributed by atoms with Crippen molar-refractivity contribution in [2.75, 3.05) is 40.9 Å². The minimum absolute atomic E-state index is 0.0477. The van der Waals surface area contributed by atoms with E-state index in [0.29, 0.717) is 17.4 Å². The Bertz CT molecular complexity index is 1420. The Labute approximate surface area is 400 Å². The molecule has 0 saturated heterocycles. The molecule has 3 N–H and O–H groups in total. The van der Waals surface area contributed by atoms with Gasteiger partial charge >= 0.3 is 7.82 Å². The Morgan fingerprint density at radius 3 is 1.42 bits per heavy atom. The van der Waals surface area contributed by atoms with E-state index >= 15 is 0 Å². The third-order valence-electron chi connectivity index (χ3n) is 10.7. The third kappa shape index (κ3) is 48.9. The summed E-state index contributed by atoms with van der Waals surface area (Å²) in [5.74, 6) is -0.204. The Morgan fingerprint density at radius 1 is 0.538 bits per heavy atom. The number of carbonyl (C=O) groups is 1. The van der Waals surface area contributed by atoms with Crippen LogP contribution in [0.1, 0.15) is 187 Å². The summed E-state index contributed by atoms with van der Waals surface area (Å²) in [5.41, 5.74) is 0. The number of hydrogen-bond acceptors (Lipinski definition) is 5. The lowest BCUT2D eigenvalue weighted by Crippen LogP contribution is -2.45. The van der Waals surface area contributed by atoms with Gasteiger partial charge in [0, 0.05) is 6.42 Å². The standard InChI is InChI=1S/C56H97N2O6P/c1-6-8-10-12-14-16-18-20-22-23-24-25-26-27-28-29-30-31-32-33-34-35-36-38-40-42-44-46-48-50-56(60)57-54(53-64-65(61,62)63-52-51-58(3,4)5)55(59)49-47-45-43-41-39-37-21-19-17-15-13-11-9-7-2/h8,10,14,16,20,22,24-25,27-28,30-31,33-34,39,41,47,49,54-55,59H,6-7,9,11-13,15,17-19,21,23,26,29,32,35-38,40,42-46,48,50-53H2,1-5H3,(H-,57,60,61,62)/p+1/b10-8-,16-14-,22-20-,25-24-,28-27-,31-30-,34-33-,41-39+,49-47+. The van der Waals surface area contributed by atoms with Gasteiger partial charge in [0.1, 0.15) is 13.2 Å². The number of hydrogen-bond donors (Lipinski definition) is 3. The summed E-state index contributed by atoms with van der Waals surface area (Å²) in [6.45, 7) is 4.64. The van der Waals surface area contributed by atoms with Crippen LogP contribution in [0.2, 0.25) is 0 Å². The number of carbonyl (C=O) groups excluding carboxylic acids is 1. The van der Waals surface area contributed by atoms with E-state index in [4.69, 9.17) is 9.05 Å². The predicted molar refractivity (Wildman–Crippen MR) is 281 cm³/mol. The second kappa shape index (κ2) is 46.3. The van der Waals surface area contributed by atoms with Gasteiger partial charge in [0.05, 0.1) is 39.9 Å². The zero-order valence-corrected chi connectivity index (χ0v) is 43.1. The van der Waals surface area contributed by atoms with Gasteiger partial charge in [0.15, 0.2) is 0 Å². The number of unbranched alkanes of at least 4 members (excludes halogenated alkanes) is 16. The highest BCUT2D eigenvalue weighted by Gasteiger charge is 2.27. The largest absolute Gasteiger partial charge is 0.472 e. The van der Waals surface area contributed by atoms with Crippen LogP contribution in [0, 0.1) is 0 Å². The Balaban J connectivity index is 4.32. The number of aliphatic hydroxyl groups is 1. The maximum atomic E-state index is 12.9. The normalized spacial score (nSPS) is 15.0. The highest BCUT2D eigenvalue weighted by molar-refractivity contribution is 7.47. The summed E-state index contributed by atoms with van der Waals surface area (Å²) in [4.78, 5) is 23.2. The number of aliphatic hydroxyl groups excluding tert-OH is 1. The highest BCUT2D eigenvalue weighted by Crippen LogP contribution is 2.43. The van der Waals surface area contributed by atoms with Crippen molar-refractivity contribution in [2.24, 2.45) is 0 Å². The number of phosphoric acid groups is 1. The number of likely N-dealkylation sites (N-methyl/N-ethyl adjacent to an activating group) is 1. The molecule has 372 valence electrons. The number of amides is 1. The zero-order chi connectivity index (χ0) is 47.8. The first-order valence-electron chi connectivity index (χ1n) is 25.8. The molecule has 0 radical (unpaired) electrons. The molecule has 65 heavy (non-hydrogen) atoms. The molecule has 0 saturated carbocycles. The van der Waals surface area contributed by atoms with Crippen LogP contribution in [0.3, 0.4) is 0 Å². The molecule has 3 atom stereocenters. The smallest absolute Gasteiger partial charge is 0.387 e. The summed E-state index contributed by atoms with van der Waals surface area (Å²) < 4.78 is 23.6. The molecule has 0 aliphatic carbocycles. The monoisotopic (exact) mass is 926 g/mol. The lowest BCUT2D eigenvalue weighted by Gasteiger charge is -2.25. The Hall–Kier alpha value is -2.84. The maximum absolute atomic E-state index is 12.9. The first kappa shape index (κ1) is 62.2. The van der Waals surface area contributed by atoms with Crippen LogP contribution in [-0.2, 0) is 18.4 Å². The van der Waals surface area contributed by atoms with Gasteiger partial charge in [0.25, 0.3) is 0 Å². The summed E-state index contributed by atoms with van der Waals surface area (Å²) in [5, 5.41) is 13.8. The van der Waals surface area contributed by atoms with Gasteiger partial charge in [-0.25, -0.2) is 4.57 Å². The van der Waals surface area contributed by atoms with E-state index in [1.165, 1.54) is 70.6 Å². The lowest BCUT2D eigenvalue weighted by molar-refractivity contribution is -0.870. The fraction of sp³-hybridized carbons (Fsp3) is 0.661. The molecular formula is C56H98N2O6P+. The van der Waals surface area contributed by atoms with E-state index in [2.05, 4.69) is 116 Å². The lowest BCUT2D eigenvalue weighted by atomic mass is 10.1. The molecule has 0 aliphatic heterocycles. The van der Waals surface area contributed by atoms with Crippen molar-refractivity contribution < 1.29 is 32.9 Å². The molecule has 0 bridgehead atoms. The van der Waals surface area contributed by atoms with Crippen LogP contribution in [-0.4, -0.2) is 73.4 Å². The first-order valence-corrected chi connectivity index (χ1v) is 27.3. The van der Waals surface area contributed by atoms with E-state index in [-0.39, 0.29) is 19.1 Å². The average Bonchev–Trinajstić information content (AvgIpc) is 3.26. The van der Waals surface area contributed by atoms with Gasteiger partial charge < -0.3 is 19.8 Å². The topological polar surface area (TPSA) is 105 Å². The number of rotatable bonds is 45. The molecule has 0 aromatic rings. The van der Waals surface area contributed by atoms with Gasteiger partial charge in [-0.15, -0.1) is 0 Å². The Kier molecular flexibility index (Phi) is 44.3. The number of nitrogens with one attached hydrogen (secondary N) is 1. The van der Waals surface area contributed by atoms with Gasteiger partial charge in [-0.3, -0.25) is 13.8 Å². The minimum Gasteiger partial charge on any atom is -0.387 e. The van der Waals surface area contributed by atoms with Gasteiger partial charge in [-0.2, -0.15) is 0 Å². The summed E-state index contributed by atoms with van der Waals surface area (Å²) in [7, 11) is 1.53. The second-order valence-corrected chi connectivity index (χ2v) is 19.6. The van der Waals surface area contributed by atoms with Crippen molar-refractivity contribution in [2.45, 2.75) is 199 Å². The summed E-state index contributed by atoms with van der Waals surface area (Å²) in [6, 6.07) is -0.876. The van der Waals surface area contributed by atoms with Crippen LogP contribution in [0.25, 0.3) is 0 Å². The van der Waals surface area contributed by atoms with Crippen LogP contribution >= 0.6 is 7.82 Å². The zero-order valence-electron chi connectivity index (χ0n) is 42.2. The molecular weight excluding hydrogens is 828 g/mol. The van der Waals surface area contributed by atoms with Crippen molar-refractivity contribution in [3.8, 4) is 0 Å². The molecule has 0 aromatic heterocycles. The molecule has 8 nitrogen and oxygen atoms in total. The molecule has 0 aliphatic rings. The molecule has 0 heterocycles. The number of nitrogens with zero attached hydrogens (tertiary/aromatic N) is 1. The number of allylic oxidation sites excluding steroid dienone is 17. The Morgan fingerprint density at radius 2 is 0.938 bits per heavy atom. The summed E-state index contributed by atoms with van der Waals surface area (Å²) in [6.07, 6.45) is 67.4. The fourth-order valence-corrected chi connectivity index (χ4v) is 7.42. The van der Waals surface area contributed by atoms with Crippen molar-refractivity contribution in [3.63, 3.8) is 0 Å². The third-order valence-corrected chi connectivity index (χ3v) is 11.7. The van der Waals surface area contributed by atoms with E-state index in [1.54, 1.807) is 6.08 Å². The second-order valence-electron chi connectivity index (χ2n) is 18.2. The molecule has 0 spiro atoms. The maximum Gasteiger partial charge on any atom is 0.472 e. The van der Waals surface area contributed by atoms with Crippen LogP contribution in [0.5, 0.6) is 0 Å². The van der Waals surface area contributed by atoms with Gasteiger partial charge in [-0.05, 0) is 89.9 Å². The van der Waals surface area contributed by atoms with Crippen molar-refractivity contribution in [3.05, 3.63) is 109 Å². The van der Waals surface area contributed by atoms with Crippen LogP contribution < -0.4 is 5.32 Å². The quantitative estimate of drug-likeness (QED) is 0.0243. The minimum atomic E-state index is -4.36. The number of phosphoric ester groups is 1. The average molecular weight is 926 g/mol. The molecule has 1 amide bonds. The molecule has 9 heteroatoms. The van der Waals surface area contributed by atoms with Gasteiger partial charge in [-0.1, -0.05) is 200 Å². The predicted octanol–water partition coefficient (Wildman–Crippen LogP) is 15.3. The van der Waals surface area contributed by atoms with Gasteiger partial charge in [0.2, 0.25) is 5.91 Å². The molecule has 0 aromatic carbocycles. The van der Waals surface area contributed by atoms with E-state index < -0.39 is 20.0 Å². The highest BCUT2D eigenvalue weighted by atomic mass is 31.2. The summed E-state index contributed by atoms with van der Waals surface area (Å²) >= 11 is 0. The first-order chi connectivity index (χ1) is 31.5. The fourth-order valence-electron chi connectivity index (χ4n) is 6.68. The van der Waals surface area contributed by atoms with E-state index in [9.17, 15) is 19.4 Å². The molecule has 0 rings (SSSR count). The van der Waals surface area contributed by atoms with Crippen LogP contribution in [0.4, 0.5) is 0 Å². The number of quaternary nitrogens is 1. The SMILES string of the molecule is CC/C=C\C/C=C\C/C=C\C/C=C\C/C=C\C/C=C\C/C=C\CCCCCCCCCC(=O)NC(COP(=O)(O)OCC[N+](C)(C)C)C(O)/C=C/CC/C=C/CCCCCCCCCC. The molecule has 0 fully saturated rings. The van der Waals surface area contributed by atoms with Crippen molar-refractivity contribution >= 4 is 13.7 Å². The van der Waals surface area contributed by atoms with Crippen LogP contribution in [0.15, 0.2) is 109 Å². The van der Waals surface area contributed by atoms with Crippen molar-refractivity contribution in [1.29, 1.82) is 0 Å². The van der Waals surface area contributed by atoms with Crippen molar-refractivity contribution in [1.82, 2.24) is 5.32 Å². The van der Waals surface area contributed by atoms with E-state index in [1.807, 2.05) is 27.2 Å². The molecule has 3 unspecified atom stereocenters. The van der Waals surface area contributed by atoms with E-state index in [0.717, 1.165) is 96.3 Å².